The van der Waals surface area contributed by atoms with E-state index in [0.717, 1.165) is 0 Å². The van der Waals surface area contributed by atoms with E-state index in [0.29, 0.717) is 16.7 Å². The number of carbonyl (C=O) groups is 4. The van der Waals surface area contributed by atoms with Gasteiger partial charge in [0.05, 0.1) is 25.7 Å². The molecule has 0 aliphatic carbocycles. The van der Waals surface area contributed by atoms with Gasteiger partial charge in [0.25, 0.3) is 6.47 Å². The molecule has 0 saturated carbocycles. The second-order valence-electron chi connectivity index (χ2n) is 10.6. The van der Waals surface area contributed by atoms with E-state index in [-0.39, 0.29) is 79.4 Å². The topological polar surface area (TPSA) is 261 Å². The van der Waals surface area contributed by atoms with Crippen molar-refractivity contribution in [2.24, 2.45) is 0 Å². The molecular formula is C34H39NaO15. The molecule has 0 bridgehead atoms. The van der Waals surface area contributed by atoms with Gasteiger partial charge in [-0.1, -0.05) is 91.0 Å². The fourth-order valence-electron chi connectivity index (χ4n) is 4.36. The third kappa shape index (κ3) is 14.9. The molecule has 15 nitrogen and oxygen atoms in total. The van der Waals surface area contributed by atoms with Gasteiger partial charge in [-0.2, -0.15) is 0 Å². The van der Waals surface area contributed by atoms with Crippen molar-refractivity contribution in [2.75, 3.05) is 13.2 Å². The van der Waals surface area contributed by atoms with E-state index in [2.05, 4.69) is 9.62 Å². The van der Waals surface area contributed by atoms with Crippen LogP contribution in [0.3, 0.4) is 0 Å². The fourth-order valence-corrected chi connectivity index (χ4v) is 4.36. The molecule has 3 aromatic rings. The summed E-state index contributed by atoms with van der Waals surface area (Å²) in [6, 6.07) is 26.4. The molecule has 0 radical (unpaired) electrons. The number of Topliss-reactive ketones (excluding diaryl/α,β-unsaturated/α-hetero) is 3. The number of hydrogen-bond acceptors (Lipinski definition) is 15. The maximum absolute atomic E-state index is 11.9. The molecule has 2 heterocycles. The minimum Gasteiger partial charge on any atom is -0.662 e. The molecule has 0 spiro atoms. The summed E-state index contributed by atoms with van der Waals surface area (Å²) in [5.41, 5.74) is 1.70. The van der Waals surface area contributed by atoms with Crippen LogP contribution in [0.2, 0.25) is 0 Å². The Morgan fingerprint density at radius 2 is 0.980 bits per heavy atom. The van der Waals surface area contributed by atoms with Gasteiger partial charge in [0, 0.05) is 23.1 Å². The van der Waals surface area contributed by atoms with Crippen LogP contribution in [-0.4, -0.2) is 122 Å². The standard InChI is InChI=1S/C15H12O2.C13H16O5.C5H10O5.CH2O3.Na/c16-14(12-7-3-1-4-8-12)11-15(17)13-9-5-2-6-10-13;14-9(8-4-2-1-3-5-8)6-11-13(17)12(16)10(15)7-18-11;6-2-1-10-5(9)4(8)3(2)7;2-1-4-3;/h1-10H,11H2;1-5,10-13,15-17H,6-7H2;2-9H,1H2;1,3H;/q;;;;+1/p-1/t;10-,11+,12+,13+;2-,3+,4-,5?;;/m.11../s1. The van der Waals surface area contributed by atoms with E-state index >= 15 is 0 Å². The monoisotopic (exact) mass is 710 g/mol. The van der Waals surface area contributed by atoms with Crippen LogP contribution in [0.1, 0.15) is 43.9 Å². The molecule has 5 rings (SSSR count). The van der Waals surface area contributed by atoms with Crippen molar-refractivity contribution in [2.45, 2.75) is 61.9 Å². The van der Waals surface area contributed by atoms with E-state index in [1.165, 1.54) is 0 Å². The zero-order chi connectivity index (χ0) is 36.3. The number of aliphatic hydroxyl groups is 7. The number of ketones is 3. The molecule has 2 fully saturated rings. The average molecular weight is 711 g/mol. The van der Waals surface area contributed by atoms with Crippen LogP contribution in [0, 0.1) is 0 Å². The van der Waals surface area contributed by atoms with Crippen LogP contribution in [0.15, 0.2) is 91.0 Å². The Kier molecular flexibility index (Phi) is 21.5. The van der Waals surface area contributed by atoms with Crippen LogP contribution in [-0.2, 0) is 19.2 Å². The number of carbonyl (C=O) groups excluding carboxylic acids is 4. The molecule has 2 aliphatic heterocycles. The molecule has 50 heavy (non-hydrogen) atoms. The molecular weight excluding hydrogens is 671 g/mol. The Morgan fingerprint density at radius 3 is 1.36 bits per heavy atom. The first kappa shape index (κ1) is 44.8. The van der Waals surface area contributed by atoms with E-state index in [9.17, 15) is 29.7 Å². The molecule has 0 aromatic heterocycles. The van der Waals surface area contributed by atoms with Crippen LogP contribution in [0.4, 0.5) is 0 Å². The van der Waals surface area contributed by atoms with Gasteiger partial charge in [0.15, 0.2) is 23.6 Å². The Hall–Kier alpha value is -3.26. The fraction of sp³-hybridized carbons (Fsp3) is 0.353. The molecule has 7 N–H and O–H groups in total. The second-order valence-corrected chi connectivity index (χ2v) is 10.6. The maximum atomic E-state index is 11.9. The summed E-state index contributed by atoms with van der Waals surface area (Å²) in [5, 5.41) is 72.2. The van der Waals surface area contributed by atoms with Crippen molar-refractivity contribution in [1.29, 1.82) is 0 Å². The molecule has 2 aliphatic rings. The Bertz CT molecular complexity index is 1350. The summed E-state index contributed by atoms with van der Waals surface area (Å²) >= 11 is 0. The van der Waals surface area contributed by atoms with Gasteiger partial charge in [-0.15, -0.1) is 0 Å². The summed E-state index contributed by atoms with van der Waals surface area (Å²) in [7, 11) is 0. The summed E-state index contributed by atoms with van der Waals surface area (Å²) in [6.45, 7) is -0.412. The summed E-state index contributed by atoms with van der Waals surface area (Å²) in [5.74, 6) is -0.442. The van der Waals surface area contributed by atoms with E-state index in [1.807, 2.05) is 18.2 Å². The molecule has 2 saturated heterocycles. The minimum atomic E-state index is -1.41. The first-order valence-corrected chi connectivity index (χ1v) is 14.9. The van der Waals surface area contributed by atoms with Gasteiger partial charge >= 0.3 is 29.6 Å². The molecule has 8 atom stereocenters. The SMILES string of the molecule is O=C(CC(=O)c1ccccc1)c1ccccc1.O=C(C[C@@H]1OC[C@@H](O)[C@H](O)[C@H]1O)c1ccccc1.O=CO[O-].OC1OC[C@@H](O)[C@H](O)[C@H]1O.[Na+]. The quantitative estimate of drug-likeness (QED) is 0.0292. The number of rotatable bonds is 8. The molecule has 0 amide bonds. The zero-order valence-corrected chi connectivity index (χ0v) is 29.1. The first-order valence-electron chi connectivity index (χ1n) is 14.9. The molecule has 16 heteroatoms. The van der Waals surface area contributed by atoms with Crippen molar-refractivity contribution in [3.8, 4) is 0 Å². The largest absolute Gasteiger partial charge is 1.00 e. The third-order valence-corrected chi connectivity index (χ3v) is 7.11. The van der Waals surface area contributed by atoms with E-state index in [1.54, 1.807) is 72.8 Å². The smallest absolute Gasteiger partial charge is 0.662 e. The van der Waals surface area contributed by atoms with Crippen LogP contribution >= 0.6 is 0 Å². The zero-order valence-electron chi connectivity index (χ0n) is 27.1. The number of hydrogen-bond donors (Lipinski definition) is 7. The molecule has 3 aromatic carbocycles. The van der Waals surface area contributed by atoms with E-state index < -0.39 is 49.0 Å². The van der Waals surface area contributed by atoms with Crippen molar-refractivity contribution in [1.82, 2.24) is 0 Å². The number of benzene rings is 3. The van der Waals surface area contributed by atoms with Crippen molar-refractivity contribution in [3.05, 3.63) is 108 Å². The first-order chi connectivity index (χ1) is 23.4. The molecule has 1 unspecified atom stereocenters. The third-order valence-electron chi connectivity index (χ3n) is 7.11. The Morgan fingerprint density at radius 1 is 0.620 bits per heavy atom. The van der Waals surface area contributed by atoms with E-state index in [4.69, 9.17) is 35.2 Å². The van der Waals surface area contributed by atoms with Gasteiger partial charge in [0.1, 0.15) is 36.6 Å². The van der Waals surface area contributed by atoms with Crippen molar-refractivity contribution < 1.29 is 104 Å². The predicted octanol–water partition coefficient (Wildman–Crippen LogP) is -4.26. The van der Waals surface area contributed by atoms with Gasteiger partial charge in [-0.05, 0) is 0 Å². The molecule has 266 valence electrons. The minimum absolute atomic E-state index is 0. The van der Waals surface area contributed by atoms with Gasteiger partial charge in [-0.25, -0.2) is 0 Å². The average Bonchev–Trinajstić information content (AvgIpc) is 3.14. The number of ether oxygens (including phenoxy) is 2. The Balaban J connectivity index is 0.000000364. The summed E-state index contributed by atoms with van der Waals surface area (Å²) in [4.78, 5) is 46.8. The van der Waals surface area contributed by atoms with Crippen LogP contribution < -0.4 is 34.8 Å². The van der Waals surface area contributed by atoms with Crippen LogP contribution in [0.25, 0.3) is 0 Å². The van der Waals surface area contributed by atoms with Crippen LogP contribution in [0.5, 0.6) is 0 Å². The summed E-state index contributed by atoms with van der Waals surface area (Å²) in [6.07, 6.45) is -9.74. The van der Waals surface area contributed by atoms with Crippen molar-refractivity contribution >= 4 is 23.8 Å². The number of aliphatic hydroxyl groups excluding tert-OH is 7. The second kappa shape index (κ2) is 24.0. The van der Waals surface area contributed by atoms with Gasteiger partial charge in [-0.3, -0.25) is 19.2 Å². The van der Waals surface area contributed by atoms with Crippen molar-refractivity contribution in [3.63, 3.8) is 0 Å². The van der Waals surface area contributed by atoms with Gasteiger partial charge < -0.3 is 55.4 Å². The maximum Gasteiger partial charge on any atom is 1.00 e. The predicted molar refractivity (Wildman–Crippen MR) is 166 cm³/mol. The van der Waals surface area contributed by atoms with Gasteiger partial charge in [0.2, 0.25) is 0 Å². The summed E-state index contributed by atoms with van der Waals surface area (Å²) < 4.78 is 9.65. The normalized spacial score (nSPS) is 25.2. The Labute approximate surface area is 309 Å².